The summed E-state index contributed by atoms with van der Waals surface area (Å²) in [7, 11) is 1.54. The lowest BCUT2D eigenvalue weighted by molar-refractivity contribution is 0.407. The second-order valence-electron chi connectivity index (χ2n) is 5.64. The van der Waals surface area contributed by atoms with E-state index >= 15 is 0 Å². The van der Waals surface area contributed by atoms with Gasteiger partial charge in [0, 0.05) is 10.8 Å². The van der Waals surface area contributed by atoms with E-state index in [4.69, 9.17) is 9.15 Å². The van der Waals surface area contributed by atoms with Gasteiger partial charge in [0.1, 0.15) is 0 Å². The fourth-order valence-electron chi connectivity index (χ4n) is 2.61. The van der Waals surface area contributed by atoms with Crippen molar-refractivity contribution in [2.75, 3.05) is 12.5 Å². The van der Waals surface area contributed by atoms with E-state index in [2.05, 4.69) is 15.5 Å². The first kappa shape index (κ1) is 17.0. The van der Waals surface area contributed by atoms with Gasteiger partial charge in [-0.25, -0.2) is 9.78 Å². The predicted octanol–water partition coefficient (Wildman–Crippen LogP) is 4.37. The van der Waals surface area contributed by atoms with E-state index < -0.39 is 5.63 Å². The van der Waals surface area contributed by atoms with Gasteiger partial charge in [-0.1, -0.05) is 42.5 Å². The highest BCUT2D eigenvalue weighted by Crippen LogP contribution is 2.29. The molecule has 0 atom stereocenters. The molecule has 134 valence electrons. The molecule has 0 bridgehead atoms. The van der Waals surface area contributed by atoms with Crippen LogP contribution in [0.2, 0.25) is 0 Å². The summed E-state index contributed by atoms with van der Waals surface area (Å²) in [5, 5.41) is 7.32. The van der Waals surface area contributed by atoms with Crippen LogP contribution < -0.4 is 15.8 Å². The number of nitrogens with zero attached hydrogens (tertiary/aromatic N) is 2. The highest BCUT2D eigenvalue weighted by atomic mass is 32.1. The molecule has 27 heavy (non-hydrogen) atoms. The van der Waals surface area contributed by atoms with Crippen molar-refractivity contribution in [3.8, 4) is 17.0 Å². The molecule has 0 saturated heterocycles. The highest BCUT2D eigenvalue weighted by molar-refractivity contribution is 7.14. The molecular weight excluding hydrogens is 362 g/mol. The van der Waals surface area contributed by atoms with Gasteiger partial charge in [-0.2, -0.15) is 5.10 Å². The van der Waals surface area contributed by atoms with Gasteiger partial charge in [0.05, 0.1) is 24.6 Å². The highest BCUT2D eigenvalue weighted by Gasteiger charge is 2.13. The molecule has 0 spiro atoms. The van der Waals surface area contributed by atoms with Gasteiger partial charge in [0.15, 0.2) is 11.3 Å². The third kappa shape index (κ3) is 3.58. The number of hydrazone groups is 1. The van der Waals surface area contributed by atoms with Crippen molar-refractivity contribution in [3.63, 3.8) is 0 Å². The average Bonchev–Trinajstić information content (AvgIpc) is 3.16. The van der Waals surface area contributed by atoms with E-state index in [0.29, 0.717) is 27.7 Å². The second kappa shape index (κ2) is 7.43. The zero-order valence-electron chi connectivity index (χ0n) is 14.4. The molecule has 2 aromatic heterocycles. The monoisotopic (exact) mass is 377 g/mol. The van der Waals surface area contributed by atoms with E-state index in [9.17, 15) is 4.79 Å². The largest absolute Gasteiger partial charge is 0.493 e. The molecule has 1 N–H and O–H groups in total. The first-order chi connectivity index (χ1) is 13.2. The van der Waals surface area contributed by atoms with Crippen molar-refractivity contribution < 1.29 is 9.15 Å². The average molecular weight is 377 g/mol. The molecule has 0 aliphatic rings. The Morgan fingerprint density at radius 2 is 2.04 bits per heavy atom. The van der Waals surface area contributed by atoms with Gasteiger partial charge in [-0.15, -0.1) is 11.3 Å². The molecule has 0 amide bonds. The van der Waals surface area contributed by atoms with Gasteiger partial charge in [0.25, 0.3) is 0 Å². The normalized spacial score (nSPS) is 11.1. The molecule has 2 aromatic carbocycles. The summed E-state index contributed by atoms with van der Waals surface area (Å²) in [4.78, 5) is 16.8. The van der Waals surface area contributed by atoms with Crippen LogP contribution in [0.3, 0.4) is 0 Å². The van der Waals surface area contributed by atoms with E-state index in [-0.39, 0.29) is 0 Å². The minimum atomic E-state index is -0.461. The van der Waals surface area contributed by atoms with Crippen molar-refractivity contribution in [2.24, 2.45) is 5.10 Å². The maximum absolute atomic E-state index is 12.4. The topological polar surface area (TPSA) is 76.7 Å². The Kier molecular flexibility index (Phi) is 4.67. The number of methoxy groups -OCH3 is 1. The maximum Gasteiger partial charge on any atom is 0.345 e. The van der Waals surface area contributed by atoms with Crippen molar-refractivity contribution >= 4 is 33.7 Å². The van der Waals surface area contributed by atoms with Crippen LogP contribution in [0.15, 0.2) is 74.3 Å². The van der Waals surface area contributed by atoms with E-state index in [1.54, 1.807) is 23.7 Å². The Hall–Kier alpha value is -3.45. The molecule has 0 unspecified atom stereocenters. The molecule has 4 rings (SSSR count). The lowest BCUT2D eigenvalue weighted by Crippen LogP contribution is -2.03. The molecule has 0 aliphatic heterocycles. The lowest BCUT2D eigenvalue weighted by Gasteiger charge is -2.04. The number of aromatic nitrogens is 1. The van der Waals surface area contributed by atoms with Gasteiger partial charge >= 0.3 is 5.63 Å². The van der Waals surface area contributed by atoms with Crippen molar-refractivity contribution in [3.05, 3.63) is 76.0 Å². The number of rotatable bonds is 5. The van der Waals surface area contributed by atoms with Crippen molar-refractivity contribution in [1.29, 1.82) is 0 Å². The molecule has 2 heterocycles. The summed E-state index contributed by atoms with van der Waals surface area (Å²) in [6.07, 6.45) is 1.71. The Bertz CT molecular complexity index is 1170. The summed E-state index contributed by atoms with van der Waals surface area (Å²) in [6.45, 7) is 0. The minimum absolute atomic E-state index is 0.395. The van der Waals surface area contributed by atoms with Crippen LogP contribution in [-0.4, -0.2) is 18.3 Å². The number of para-hydroxylation sites is 1. The smallest absolute Gasteiger partial charge is 0.345 e. The molecule has 4 aromatic rings. The van der Waals surface area contributed by atoms with E-state index in [0.717, 1.165) is 10.9 Å². The van der Waals surface area contributed by atoms with Crippen LogP contribution in [0, 0.1) is 0 Å². The number of fused-ring (bicyclic) bond motifs is 1. The maximum atomic E-state index is 12.4. The summed E-state index contributed by atoms with van der Waals surface area (Å²) >= 11 is 1.36. The van der Waals surface area contributed by atoms with Crippen molar-refractivity contribution in [2.45, 2.75) is 0 Å². The van der Waals surface area contributed by atoms with E-state index in [1.807, 2.05) is 42.5 Å². The summed E-state index contributed by atoms with van der Waals surface area (Å²) in [5.74, 6) is 0.520. The number of thiazole rings is 1. The van der Waals surface area contributed by atoms with Crippen LogP contribution in [0.1, 0.15) is 5.56 Å². The standard InChI is InChI=1S/C20H15N3O3S/c1-25-17-9-5-8-14-10-15(19(24)26-18(14)17)16-12-27-20(22-16)23-21-11-13-6-3-2-4-7-13/h2-12H,1H3,(H,22,23). The number of hydrogen-bond acceptors (Lipinski definition) is 7. The summed E-state index contributed by atoms with van der Waals surface area (Å²) in [5.41, 5.74) is 4.76. The summed E-state index contributed by atoms with van der Waals surface area (Å²) < 4.78 is 10.7. The quantitative estimate of drug-likeness (QED) is 0.317. The van der Waals surface area contributed by atoms with Gasteiger partial charge in [0.2, 0.25) is 5.13 Å². The molecule has 0 saturated carbocycles. The van der Waals surface area contributed by atoms with Crippen LogP contribution in [-0.2, 0) is 0 Å². The Morgan fingerprint density at radius 3 is 2.85 bits per heavy atom. The fourth-order valence-corrected chi connectivity index (χ4v) is 3.27. The zero-order chi connectivity index (χ0) is 18.6. The fraction of sp³-hybridized carbons (Fsp3) is 0.0500. The second-order valence-corrected chi connectivity index (χ2v) is 6.50. The third-order valence-corrected chi connectivity index (χ3v) is 4.64. The molecule has 0 aliphatic carbocycles. The van der Waals surface area contributed by atoms with Gasteiger partial charge < -0.3 is 9.15 Å². The zero-order valence-corrected chi connectivity index (χ0v) is 15.2. The minimum Gasteiger partial charge on any atom is -0.493 e. The van der Waals surface area contributed by atoms with Gasteiger partial charge in [-0.05, 0) is 17.7 Å². The Morgan fingerprint density at radius 1 is 1.19 bits per heavy atom. The molecule has 7 heteroatoms. The van der Waals surface area contributed by atoms with Crippen molar-refractivity contribution in [1.82, 2.24) is 4.98 Å². The number of benzene rings is 2. The molecule has 0 fully saturated rings. The predicted molar refractivity (Wildman–Crippen MR) is 108 cm³/mol. The van der Waals surface area contributed by atoms with Crippen LogP contribution in [0.25, 0.3) is 22.2 Å². The Balaban J connectivity index is 1.60. The van der Waals surface area contributed by atoms with Crippen LogP contribution >= 0.6 is 11.3 Å². The number of ether oxygens (including phenoxy) is 1. The molecule has 0 radical (unpaired) electrons. The molecule has 6 nitrogen and oxygen atoms in total. The SMILES string of the molecule is COc1cccc2cc(-c3csc(NN=Cc4ccccc4)n3)c(=O)oc12. The van der Waals surface area contributed by atoms with Crippen LogP contribution in [0.4, 0.5) is 5.13 Å². The molecular formula is C20H15N3O3S. The van der Waals surface area contributed by atoms with E-state index in [1.165, 1.54) is 18.4 Å². The first-order valence-electron chi connectivity index (χ1n) is 8.15. The van der Waals surface area contributed by atoms with Crippen LogP contribution in [0.5, 0.6) is 5.75 Å². The third-order valence-electron chi connectivity index (χ3n) is 3.90. The van der Waals surface area contributed by atoms with Gasteiger partial charge in [-0.3, -0.25) is 5.43 Å². The number of anilines is 1. The summed E-state index contributed by atoms with van der Waals surface area (Å²) in [6, 6.07) is 16.9. The lowest BCUT2D eigenvalue weighted by atomic mass is 10.1. The number of nitrogens with one attached hydrogen (secondary N) is 1. The first-order valence-corrected chi connectivity index (χ1v) is 9.03. The Labute approximate surface area is 158 Å². The number of hydrogen-bond donors (Lipinski definition) is 1.